The normalized spacial score (nSPS) is 12.5. The Kier molecular flexibility index (Phi) is 14.6. The Hall–Kier alpha value is -3.15. The van der Waals surface area contributed by atoms with Gasteiger partial charge in [-0.25, -0.2) is 4.57 Å². The van der Waals surface area contributed by atoms with Gasteiger partial charge < -0.3 is 13.9 Å². The number of fused-ring (bicyclic) bond motifs is 3. The highest BCUT2D eigenvalue weighted by molar-refractivity contribution is 9.10. The molecule has 1 atom stereocenters. The van der Waals surface area contributed by atoms with Crippen molar-refractivity contribution in [3.05, 3.63) is 119 Å². The van der Waals surface area contributed by atoms with Gasteiger partial charge in [0.15, 0.2) is 0 Å². The molecule has 5 rings (SSSR count). The van der Waals surface area contributed by atoms with Crippen LogP contribution in [0.5, 0.6) is 11.5 Å². The van der Waals surface area contributed by atoms with E-state index in [1.165, 1.54) is 51.4 Å². The standard InChI is InChI=1S/C42H51BrNO4P/c1-3-5-7-9-19-29-44(30-20-10-8-6-4-2)33-42(41-31-34-21-17-18-26-38(34)40-32-35(43)27-28-39(40)41)48-49(45,46-36-22-13-11-14-23-36)47-37-24-15-12-16-25-37/h11-18,21-28,31-32,42H,3-10,19-20,29-30,33H2,1-2H3. The zero-order valence-electron chi connectivity index (χ0n) is 29.1. The third kappa shape index (κ3) is 11.2. The van der Waals surface area contributed by atoms with Crippen LogP contribution in [0.3, 0.4) is 0 Å². The van der Waals surface area contributed by atoms with E-state index in [1.54, 1.807) is 24.3 Å². The van der Waals surface area contributed by atoms with Crippen molar-refractivity contribution in [3.63, 3.8) is 0 Å². The maximum absolute atomic E-state index is 14.9. The molecule has 0 heterocycles. The zero-order valence-corrected chi connectivity index (χ0v) is 31.5. The minimum Gasteiger partial charge on any atom is -0.395 e. The quantitative estimate of drug-likeness (QED) is 0.0425. The van der Waals surface area contributed by atoms with Crippen LogP contribution in [0, 0.1) is 0 Å². The molecule has 1 unspecified atom stereocenters. The van der Waals surface area contributed by atoms with Crippen LogP contribution in [-0.2, 0) is 9.09 Å². The van der Waals surface area contributed by atoms with Crippen molar-refractivity contribution >= 4 is 45.3 Å². The van der Waals surface area contributed by atoms with Crippen LogP contribution in [0.15, 0.2) is 114 Å². The number of benzene rings is 5. The first-order chi connectivity index (χ1) is 24.0. The van der Waals surface area contributed by atoms with Gasteiger partial charge in [0.25, 0.3) is 0 Å². The molecule has 5 nitrogen and oxygen atoms in total. The Bertz CT molecular complexity index is 1710. The van der Waals surface area contributed by atoms with Crippen molar-refractivity contribution in [1.29, 1.82) is 0 Å². The third-order valence-electron chi connectivity index (χ3n) is 8.96. The van der Waals surface area contributed by atoms with Crippen LogP contribution in [0.25, 0.3) is 21.5 Å². The summed E-state index contributed by atoms with van der Waals surface area (Å²) in [6, 6.07) is 35.3. The predicted octanol–water partition coefficient (Wildman–Crippen LogP) is 13.3. The summed E-state index contributed by atoms with van der Waals surface area (Å²) >= 11 is 3.71. The van der Waals surface area contributed by atoms with E-state index in [1.807, 2.05) is 36.4 Å². The lowest BCUT2D eigenvalue weighted by Crippen LogP contribution is -2.32. The fourth-order valence-corrected chi connectivity index (χ4v) is 8.14. The number of rotatable bonds is 21. The van der Waals surface area contributed by atoms with Gasteiger partial charge in [-0.15, -0.1) is 0 Å². The second kappa shape index (κ2) is 19.3. The van der Waals surface area contributed by atoms with Crippen LogP contribution in [0.1, 0.15) is 89.7 Å². The molecule has 0 aromatic heterocycles. The van der Waals surface area contributed by atoms with Gasteiger partial charge in [0.1, 0.15) is 17.6 Å². The Morgan fingerprint density at radius 3 is 1.76 bits per heavy atom. The minimum atomic E-state index is -4.21. The molecular formula is C42H51BrNO4P. The average molecular weight is 745 g/mol. The fourth-order valence-electron chi connectivity index (χ4n) is 6.40. The Balaban J connectivity index is 1.57. The van der Waals surface area contributed by atoms with Crippen LogP contribution in [0.4, 0.5) is 0 Å². The van der Waals surface area contributed by atoms with Gasteiger partial charge in [-0.2, -0.15) is 0 Å². The largest absolute Gasteiger partial charge is 0.588 e. The second-order valence-electron chi connectivity index (χ2n) is 12.9. The van der Waals surface area contributed by atoms with Gasteiger partial charge in [0, 0.05) is 11.0 Å². The van der Waals surface area contributed by atoms with Gasteiger partial charge in [-0.05, 0) is 95.5 Å². The molecule has 49 heavy (non-hydrogen) atoms. The van der Waals surface area contributed by atoms with Gasteiger partial charge in [-0.1, -0.05) is 148 Å². The number of phosphoric ester groups is 1. The van der Waals surface area contributed by atoms with Crippen LogP contribution < -0.4 is 9.05 Å². The topological polar surface area (TPSA) is 48.0 Å². The number of phosphoric acid groups is 1. The van der Waals surface area contributed by atoms with Gasteiger partial charge >= 0.3 is 7.82 Å². The molecular weight excluding hydrogens is 693 g/mol. The number of nitrogens with zero attached hydrogens (tertiary/aromatic N) is 1. The highest BCUT2D eigenvalue weighted by Crippen LogP contribution is 2.54. The summed E-state index contributed by atoms with van der Waals surface area (Å²) in [4.78, 5) is 2.51. The highest BCUT2D eigenvalue weighted by atomic mass is 79.9. The molecule has 0 aliphatic rings. The van der Waals surface area contributed by atoms with Crippen molar-refractivity contribution in [2.24, 2.45) is 0 Å². The summed E-state index contributed by atoms with van der Waals surface area (Å²) < 4.78 is 35.1. The van der Waals surface area contributed by atoms with E-state index in [0.29, 0.717) is 18.0 Å². The van der Waals surface area contributed by atoms with Crippen molar-refractivity contribution in [3.8, 4) is 11.5 Å². The first-order valence-electron chi connectivity index (χ1n) is 18.1. The summed E-state index contributed by atoms with van der Waals surface area (Å²) in [5.74, 6) is 0.855. The van der Waals surface area contributed by atoms with Gasteiger partial charge in [0.05, 0.1) is 0 Å². The van der Waals surface area contributed by atoms with Crippen molar-refractivity contribution in [2.75, 3.05) is 19.6 Å². The average Bonchev–Trinajstić information content (AvgIpc) is 3.11. The van der Waals surface area contributed by atoms with Crippen LogP contribution in [-0.4, -0.2) is 24.5 Å². The monoisotopic (exact) mass is 743 g/mol. The maximum Gasteiger partial charge on any atom is 0.588 e. The SMILES string of the molecule is CCCCCCCN(CCCCCCC)CC(OP(=O)(Oc1ccccc1)Oc1ccccc1)c1cc2ccccc2c2cc(Br)ccc12. The number of para-hydroxylation sites is 2. The van der Waals surface area contributed by atoms with E-state index in [-0.39, 0.29) is 0 Å². The molecule has 5 aromatic carbocycles. The second-order valence-corrected chi connectivity index (χ2v) is 15.2. The summed E-state index contributed by atoms with van der Waals surface area (Å²) in [7, 11) is -4.21. The zero-order chi connectivity index (χ0) is 34.3. The van der Waals surface area contributed by atoms with Gasteiger partial charge in [0.2, 0.25) is 0 Å². The molecule has 0 saturated heterocycles. The van der Waals surface area contributed by atoms with Crippen LogP contribution >= 0.6 is 23.8 Å². The first kappa shape index (κ1) is 37.1. The lowest BCUT2D eigenvalue weighted by atomic mass is 9.94. The van der Waals surface area contributed by atoms with E-state index >= 15 is 0 Å². The Labute approximate surface area is 301 Å². The van der Waals surface area contributed by atoms with Crippen molar-refractivity contribution < 1.29 is 18.1 Å². The van der Waals surface area contributed by atoms with Crippen LogP contribution in [0.2, 0.25) is 0 Å². The van der Waals surface area contributed by atoms with E-state index < -0.39 is 13.9 Å². The Morgan fingerprint density at radius 1 is 0.612 bits per heavy atom. The van der Waals surface area contributed by atoms with Crippen molar-refractivity contribution in [1.82, 2.24) is 4.90 Å². The molecule has 0 aliphatic heterocycles. The Morgan fingerprint density at radius 2 is 1.16 bits per heavy atom. The molecule has 260 valence electrons. The molecule has 0 aliphatic carbocycles. The molecule has 5 aromatic rings. The molecule has 0 saturated carbocycles. The molecule has 0 bridgehead atoms. The highest BCUT2D eigenvalue weighted by Gasteiger charge is 2.37. The molecule has 0 spiro atoms. The molecule has 7 heteroatoms. The molecule has 0 N–H and O–H groups in total. The lowest BCUT2D eigenvalue weighted by Gasteiger charge is -2.31. The fraction of sp³-hybridized carbons (Fsp3) is 0.381. The summed E-state index contributed by atoms with van der Waals surface area (Å²) in [5, 5.41) is 4.44. The molecule has 0 amide bonds. The smallest absolute Gasteiger partial charge is 0.395 e. The molecule has 0 fully saturated rings. The molecule has 0 radical (unpaired) electrons. The summed E-state index contributed by atoms with van der Waals surface area (Å²) in [6.07, 6.45) is 11.5. The van der Waals surface area contributed by atoms with E-state index in [2.05, 4.69) is 83.2 Å². The number of unbranched alkanes of at least 4 members (excludes halogenated alkanes) is 8. The van der Waals surface area contributed by atoms with Crippen molar-refractivity contribution in [2.45, 2.75) is 84.2 Å². The lowest BCUT2D eigenvalue weighted by molar-refractivity contribution is 0.0994. The van der Waals surface area contributed by atoms with E-state index in [0.717, 1.165) is 57.5 Å². The minimum absolute atomic E-state index is 0.427. The number of halogens is 1. The number of hydrogen-bond donors (Lipinski definition) is 0. The summed E-state index contributed by atoms with van der Waals surface area (Å²) in [6.45, 7) is 6.98. The summed E-state index contributed by atoms with van der Waals surface area (Å²) in [5.41, 5.74) is 0.969. The number of hydrogen-bond acceptors (Lipinski definition) is 5. The van der Waals surface area contributed by atoms with E-state index in [9.17, 15) is 4.57 Å². The first-order valence-corrected chi connectivity index (χ1v) is 20.3. The van der Waals surface area contributed by atoms with E-state index in [4.69, 9.17) is 13.6 Å². The maximum atomic E-state index is 14.9. The van der Waals surface area contributed by atoms with Gasteiger partial charge in [-0.3, -0.25) is 4.52 Å². The predicted molar refractivity (Wildman–Crippen MR) is 209 cm³/mol. The third-order valence-corrected chi connectivity index (χ3v) is 10.8.